The van der Waals surface area contributed by atoms with Crippen LogP contribution in [-0.4, -0.2) is 44.9 Å². The van der Waals surface area contributed by atoms with Crippen molar-refractivity contribution >= 4 is 39.3 Å². The van der Waals surface area contributed by atoms with Crippen molar-refractivity contribution in [3.05, 3.63) is 29.3 Å². The van der Waals surface area contributed by atoms with Crippen molar-refractivity contribution < 1.29 is 27.9 Å². The smallest absolute Gasteiger partial charge is 0.324 e. The molecule has 0 atom stereocenters. The molecule has 0 unspecified atom stereocenters. The number of esters is 1. The minimum atomic E-state index is -4.00. The highest BCUT2D eigenvalue weighted by atomic mass is 35.5. The molecule has 0 aromatic heterocycles. The lowest BCUT2D eigenvalue weighted by molar-refractivity contribution is -0.140. The minimum Gasteiger partial charge on any atom is -0.480 e. The van der Waals surface area contributed by atoms with Gasteiger partial charge < -0.3 is 9.84 Å². The number of methoxy groups -OCH3 is 1. The highest BCUT2D eigenvalue weighted by molar-refractivity contribution is 7.92. The van der Waals surface area contributed by atoms with Gasteiger partial charge in [0.25, 0.3) is 0 Å². The number of sulfonamides is 1. The van der Waals surface area contributed by atoms with Crippen LogP contribution >= 0.6 is 11.6 Å². The van der Waals surface area contributed by atoms with E-state index in [2.05, 4.69) is 4.74 Å². The lowest BCUT2D eigenvalue weighted by atomic mass is 10.3. The molecule has 116 valence electrons. The van der Waals surface area contributed by atoms with Gasteiger partial charge in [-0.3, -0.25) is 13.9 Å². The fraction of sp³-hybridized carbons (Fsp3) is 0.333. The molecular formula is C12H14ClNO6S. The van der Waals surface area contributed by atoms with Gasteiger partial charge in [-0.05, 0) is 18.2 Å². The second-order valence-electron chi connectivity index (χ2n) is 4.02. The number of rotatable bonds is 7. The molecule has 0 radical (unpaired) electrons. The summed E-state index contributed by atoms with van der Waals surface area (Å²) in [7, 11) is -2.86. The largest absolute Gasteiger partial charge is 0.480 e. The normalized spacial score (nSPS) is 11.0. The molecule has 1 rings (SSSR count). The Labute approximate surface area is 127 Å². The molecule has 1 aromatic carbocycles. The fourth-order valence-corrected chi connectivity index (χ4v) is 3.10. The van der Waals surface area contributed by atoms with E-state index in [0.717, 1.165) is 7.11 Å². The molecule has 21 heavy (non-hydrogen) atoms. The number of halogens is 1. The summed E-state index contributed by atoms with van der Waals surface area (Å²) < 4.78 is 29.5. The van der Waals surface area contributed by atoms with E-state index in [9.17, 15) is 18.0 Å². The SMILES string of the molecule is COC(=O)CCS(=O)(=O)N(CC(=O)O)c1cccc(Cl)c1. The van der Waals surface area contributed by atoms with Crippen molar-refractivity contribution in [2.45, 2.75) is 6.42 Å². The van der Waals surface area contributed by atoms with Crippen molar-refractivity contribution in [3.8, 4) is 0 Å². The van der Waals surface area contributed by atoms with E-state index in [1.807, 2.05) is 0 Å². The molecule has 0 spiro atoms. The van der Waals surface area contributed by atoms with E-state index in [-0.39, 0.29) is 17.1 Å². The average Bonchev–Trinajstić information content (AvgIpc) is 2.42. The summed E-state index contributed by atoms with van der Waals surface area (Å²) in [6.07, 6.45) is -0.366. The predicted molar refractivity (Wildman–Crippen MR) is 76.9 cm³/mol. The van der Waals surface area contributed by atoms with Gasteiger partial charge in [0.15, 0.2) is 0 Å². The number of nitrogens with zero attached hydrogens (tertiary/aromatic N) is 1. The molecule has 0 amide bonds. The third kappa shape index (κ3) is 5.24. The molecule has 1 aromatic rings. The fourth-order valence-electron chi connectivity index (χ4n) is 1.53. The second-order valence-corrected chi connectivity index (χ2v) is 6.47. The van der Waals surface area contributed by atoms with Crippen LogP contribution in [0.4, 0.5) is 5.69 Å². The summed E-state index contributed by atoms with van der Waals surface area (Å²) in [5.41, 5.74) is 0.120. The Balaban J connectivity index is 3.07. The number of ether oxygens (including phenoxy) is 1. The Morgan fingerprint density at radius 1 is 1.38 bits per heavy atom. The Bertz CT molecular complexity index is 630. The van der Waals surface area contributed by atoms with Gasteiger partial charge in [-0.1, -0.05) is 17.7 Å². The molecule has 0 aliphatic heterocycles. The molecule has 0 saturated carbocycles. The van der Waals surface area contributed by atoms with E-state index in [0.29, 0.717) is 4.31 Å². The van der Waals surface area contributed by atoms with Crippen LogP contribution in [0.2, 0.25) is 5.02 Å². The zero-order valence-corrected chi connectivity index (χ0v) is 12.7. The van der Waals surface area contributed by atoms with Crippen molar-refractivity contribution in [2.24, 2.45) is 0 Å². The van der Waals surface area contributed by atoms with Crippen molar-refractivity contribution in [3.63, 3.8) is 0 Å². The first-order valence-corrected chi connectivity index (χ1v) is 7.79. The number of hydrogen-bond acceptors (Lipinski definition) is 5. The number of carbonyl (C=O) groups is 2. The third-order valence-electron chi connectivity index (χ3n) is 2.50. The zero-order chi connectivity index (χ0) is 16.0. The van der Waals surface area contributed by atoms with Gasteiger partial charge in [-0.2, -0.15) is 0 Å². The number of carboxylic acid groups (broad SMARTS) is 1. The first-order valence-electron chi connectivity index (χ1n) is 5.81. The van der Waals surface area contributed by atoms with Gasteiger partial charge in [0, 0.05) is 5.02 Å². The maximum absolute atomic E-state index is 12.2. The summed E-state index contributed by atoms with van der Waals surface area (Å²) >= 11 is 5.78. The van der Waals surface area contributed by atoms with Gasteiger partial charge in [-0.15, -0.1) is 0 Å². The summed E-state index contributed by atoms with van der Waals surface area (Å²) in [5, 5.41) is 9.14. The van der Waals surface area contributed by atoms with Crippen LogP contribution in [-0.2, 0) is 24.3 Å². The van der Waals surface area contributed by atoms with Gasteiger partial charge >= 0.3 is 11.9 Å². The van der Waals surface area contributed by atoms with Crippen LogP contribution in [0.25, 0.3) is 0 Å². The number of anilines is 1. The van der Waals surface area contributed by atoms with Crippen molar-refractivity contribution in [2.75, 3.05) is 23.7 Å². The molecule has 0 aliphatic carbocycles. The number of hydrogen-bond donors (Lipinski definition) is 1. The van der Waals surface area contributed by atoms with Crippen LogP contribution in [0.15, 0.2) is 24.3 Å². The summed E-state index contributed by atoms with van der Waals surface area (Å²) in [6.45, 7) is -0.760. The summed E-state index contributed by atoms with van der Waals surface area (Å²) in [4.78, 5) is 21.9. The minimum absolute atomic E-state index is 0.120. The van der Waals surface area contributed by atoms with Crippen LogP contribution in [0.5, 0.6) is 0 Å². The molecule has 0 bridgehead atoms. The highest BCUT2D eigenvalue weighted by Gasteiger charge is 2.26. The van der Waals surface area contributed by atoms with E-state index in [4.69, 9.17) is 16.7 Å². The number of carboxylic acids is 1. The maximum atomic E-state index is 12.2. The van der Waals surface area contributed by atoms with Gasteiger partial charge in [0.05, 0.1) is 25.0 Å². The van der Waals surface area contributed by atoms with Crippen LogP contribution in [0.3, 0.4) is 0 Å². The van der Waals surface area contributed by atoms with Crippen LogP contribution in [0.1, 0.15) is 6.42 Å². The third-order valence-corrected chi connectivity index (χ3v) is 4.47. The van der Waals surface area contributed by atoms with Crippen LogP contribution < -0.4 is 4.31 Å². The maximum Gasteiger partial charge on any atom is 0.324 e. The van der Waals surface area contributed by atoms with E-state index in [1.54, 1.807) is 0 Å². The van der Waals surface area contributed by atoms with Gasteiger partial charge in [0.2, 0.25) is 10.0 Å². The Kier molecular flexibility index (Phi) is 5.98. The van der Waals surface area contributed by atoms with Crippen LogP contribution in [0, 0.1) is 0 Å². The number of carbonyl (C=O) groups excluding carboxylic acids is 1. The molecule has 7 nitrogen and oxygen atoms in total. The molecule has 9 heteroatoms. The predicted octanol–water partition coefficient (Wildman–Crippen LogP) is 1.12. The first-order chi connectivity index (χ1) is 9.76. The lowest BCUT2D eigenvalue weighted by Gasteiger charge is -2.22. The summed E-state index contributed by atoms with van der Waals surface area (Å²) in [6, 6.07) is 5.79. The number of benzene rings is 1. The average molecular weight is 336 g/mol. The van der Waals surface area contributed by atoms with Crippen molar-refractivity contribution in [1.29, 1.82) is 0 Å². The quantitative estimate of drug-likeness (QED) is 0.749. The first kappa shape index (κ1) is 17.3. The van der Waals surface area contributed by atoms with Gasteiger partial charge in [0.1, 0.15) is 6.54 Å². The Morgan fingerprint density at radius 3 is 2.57 bits per heavy atom. The standard InChI is InChI=1S/C12H14ClNO6S/c1-20-12(17)5-6-21(18,19)14(8-11(15)16)10-4-2-3-9(13)7-10/h2-4,7H,5-6,8H2,1H3,(H,15,16). The Morgan fingerprint density at radius 2 is 2.05 bits per heavy atom. The second kappa shape index (κ2) is 7.28. The highest BCUT2D eigenvalue weighted by Crippen LogP contribution is 2.22. The van der Waals surface area contributed by atoms with E-state index in [1.165, 1.54) is 24.3 Å². The lowest BCUT2D eigenvalue weighted by Crippen LogP contribution is -2.37. The van der Waals surface area contributed by atoms with Crippen molar-refractivity contribution in [1.82, 2.24) is 0 Å². The molecule has 0 heterocycles. The molecule has 1 N–H and O–H groups in total. The molecule has 0 aliphatic rings. The number of aliphatic carboxylic acids is 1. The van der Waals surface area contributed by atoms with E-state index >= 15 is 0 Å². The summed E-state index contributed by atoms with van der Waals surface area (Å²) in [5.74, 6) is -2.57. The van der Waals surface area contributed by atoms with Gasteiger partial charge in [-0.25, -0.2) is 8.42 Å². The molecule has 0 saturated heterocycles. The Hall–Kier alpha value is -1.80. The topological polar surface area (TPSA) is 101 Å². The molecule has 0 fully saturated rings. The molecular weight excluding hydrogens is 322 g/mol. The van der Waals surface area contributed by atoms with E-state index < -0.39 is 34.3 Å². The zero-order valence-electron chi connectivity index (χ0n) is 11.2. The monoisotopic (exact) mass is 335 g/mol.